The number of piperidine rings is 3. The zero-order valence-corrected chi connectivity index (χ0v) is 28.4. The molecule has 0 saturated carbocycles. The fourth-order valence-electron chi connectivity index (χ4n) is 7.71. The molecule has 4 fully saturated rings. The van der Waals surface area contributed by atoms with Crippen molar-refractivity contribution in [1.82, 2.24) is 30.7 Å². The Labute approximate surface area is 283 Å². The molecule has 2 atom stereocenters. The lowest BCUT2D eigenvalue weighted by atomic mass is 9.80. The Morgan fingerprint density at radius 1 is 0.812 bits per heavy atom. The van der Waals surface area contributed by atoms with Crippen LogP contribution in [0.5, 0.6) is 0 Å². The minimum absolute atomic E-state index is 0.0268. The third kappa shape index (κ3) is 10.4. The fraction of sp³-hybridized carbons (Fsp3) is 0.714. The molecule has 0 aromatic heterocycles. The second-order valence-electron chi connectivity index (χ2n) is 14.0. The molecule has 0 unspecified atom stereocenters. The molecule has 48 heavy (non-hydrogen) atoms. The van der Waals surface area contributed by atoms with Gasteiger partial charge >= 0.3 is 0 Å². The topological polar surface area (TPSA) is 133 Å². The molecule has 4 amide bonds. The smallest absolute Gasteiger partial charge is 0.253 e. The molecule has 1 aromatic rings. The molecule has 13 heteroatoms. The number of carbonyl (C=O) groups excluding carboxylic acids is 4. The predicted molar refractivity (Wildman–Crippen MR) is 178 cm³/mol. The predicted octanol–water partition coefficient (Wildman–Crippen LogP) is 1.40. The van der Waals surface area contributed by atoms with Gasteiger partial charge in [-0.15, -0.1) is 0 Å². The van der Waals surface area contributed by atoms with Crippen LogP contribution in [0.2, 0.25) is 0 Å². The molecule has 4 aliphatic heterocycles. The molecular formula is C35H53FN6O6. The number of ether oxygens (including phenoxy) is 2. The molecule has 1 spiro atoms. The van der Waals surface area contributed by atoms with Gasteiger partial charge in [-0.2, -0.15) is 0 Å². The maximum Gasteiger partial charge on any atom is 0.253 e. The summed E-state index contributed by atoms with van der Waals surface area (Å²) in [6.07, 6.45) is 5.36. The number of fused-ring (bicyclic) bond motifs is 1. The first-order chi connectivity index (χ1) is 23.2. The van der Waals surface area contributed by atoms with Crippen LogP contribution >= 0.6 is 0 Å². The third-order valence-electron chi connectivity index (χ3n) is 10.6. The lowest BCUT2D eigenvalue weighted by Crippen LogP contribution is -2.58. The molecule has 4 aliphatic rings. The van der Waals surface area contributed by atoms with E-state index in [0.717, 1.165) is 51.9 Å². The summed E-state index contributed by atoms with van der Waals surface area (Å²) in [5.74, 6) is -0.569. The van der Waals surface area contributed by atoms with Crippen LogP contribution in [0.25, 0.3) is 0 Å². The normalized spacial score (nSPS) is 27.0. The summed E-state index contributed by atoms with van der Waals surface area (Å²) < 4.78 is 24.5. The summed E-state index contributed by atoms with van der Waals surface area (Å²) in [4.78, 5) is 59.1. The van der Waals surface area contributed by atoms with Gasteiger partial charge in [-0.3, -0.25) is 24.1 Å². The number of nitrogens with zero attached hydrogens (tertiary/aromatic N) is 3. The summed E-state index contributed by atoms with van der Waals surface area (Å²) in [5.41, 5.74) is -0.438. The number of hydrogen-bond acceptors (Lipinski definition) is 8. The van der Waals surface area contributed by atoms with Gasteiger partial charge in [-0.1, -0.05) is 0 Å². The van der Waals surface area contributed by atoms with Gasteiger partial charge in [0.1, 0.15) is 12.4 Å². The van der Waals surface area contributed by atoms with E-state index in [1.165, 1.54) is 24.3 Å². The van der Waals surface area contributed by atoms with Gasteiger partial charge in [0.25, 0.3) is 5.91 Å². The van der Waals surface area contributed by atoms with Crippen molar-refractivity contribution in [3.8, 4) is 0 Å². The van der Waals surface area contributed by atoms with Crippen molar-refractivity contribution in [3.63, 3.8) is 0 Å². The van der Waals surface area contributed by atoms with Crippen molar-refractivity contribution in [2.45, 2.75) is 62.9 Å². The van der Waals surface area contributed by atoms with Crippen LogP contribution in [0.15, 0.2) is 24.3 Å². The average Bonchev–Trinajstić information content (AvgIpc) is 3.07. The van der Waals surface area contributed by atoms with E-state index in [0.29, 0.717) is 63.7 Å². The molecule has 0 radical (unpaired) electrons. The van der Waals surface area contributed by atoms with Crippen molar-refractivity contribution >= 4 is 23.6 Å². The standard InChI is InChI=1S/C35H53FN6O6/c1-40-14-8-30(9-15-40)42-16-7-27-22-31(43)38-13-19-47-20-21-48-25-33(45)39-35(23-32(44)37-12-6-28(27)24-42)10-17-41(18-11-35)34(46)26-2-4-29(36)5-3-26/h2-5,27-28,30H,6-25H2,1H3,(H,37,44)(H,38,43)(H,39,45)/t27-,28-/m0/s1. The first-order valence-corrected chi connectivity index (χ1v) is 17.7. The van der Waals surface area contributed by atoms with E-state index in [1.807, 2.05) is 0 Å². The summed E-state index contributed by atoms with van der Waals surface area (Å²) in [5, 5.41) is 9.19. The number of nitrogens with one attached hydrogen (secondary N) is 3. The fourth-order valence-corrected chi connectivity index (χ4v) is 7.71. The monoisotopic (exact) mass is 672 g/mol. The first-order valence-electron chi connectivity index (χ1n) is 17.7. The number of benzene rings is 1. The first kappa shape index (κ1) is 36.2. The third-order valence-corrected chi connectivity index (χ3v) is 10.6. The Morgan fingerprint density at radius 2 is 1.52 bits per heavy atom. The van der Waals surface area contributed by atoms with Crippen molar-refractivity contribution in [3.05, 3.63) is 35.6 Å². The zero-order chi connectivity index (χ0) is 33.9. The van der Waals surface area contributed by atoms with E-state index in [9.17, 15) is 23.6 Å². The molecule has 1 aromatic carbocycles. The van der Waals surface area contributed by atoms with Gasteiger partial charge in [-0.25, -0.2) is 4.39 Å². The zero-order valence-electron chi connectivity index (χ0n) is 28.4. The Balaban J connectivity index is 1.23. The summed E-state index contributed by atoms with van der Waals surface area (Å²) in [6.45, 7) is 6.37. The lowest BCUT2D eigenvalue weighted by molar-refractivity contribution is -0.130. The molecule has 4 saturated heterocycles. The largest absolute Gasteiger partial charge is 0.377 e. The molecule has 0 aliphatic carbocycles. The molecule has 5 rings (SSSR count). The van der Waals surface area contributed by atoms with Gasteiger partial charge in [0.05, 0.1) is 25.4 Å². The van der Waals surface area contributed by atoms with Crippen LogP contribution in [0.3, 0.4) is 0 Å². The molecule has 12 nitrogen and oxygen atoms in total. The van der Waals surface area contributed by atoms with Crippen LogP contribution in [0.4, 0.5) is 4.39 Å². The Hall–Kier alpha value is -3.13. The summed E-state index contributed by atoms with van der Waals surface area (Å²) in [6, 6.07) is 6.01. The van der Waals surface area contributed by atoms with Gasteiger partial charge in [-0.05, 0) is 101 Å². The van der Waals surface area contributed by atoms with Crippen LogP contribution in [-0.2, 0) is 23.9 Å². The molecule has 0 bridgehead atoms. The van der Waals surface area contributed by atoms with Crippen molar-refractivity contribution in [2.75, 3.05) is 85.8 Å². The summed E-state index contributed by atoms with van der Waals surface area (Å²) in [7, 11) is 2.17. The average molecular weight is 673 g/mol. The maximum absolute atomic E-state index is 13.5. The molecule has 3 N–H and O–H groups in total. The van der Waals surface area contributed by atoms with Crippen molar-refractivity contribution in [2.24, 2.45) is 11.8 Å². The van der Waals surface area contributed by atoms with Crippen LogP contribution < -0.4 is 16.0 Å². The lowest BCUT2D eigenvalue weighted by Gasteiger charge is -2.44. The van der Waals surface area contributed by atoms with E-state index in [4.69, 9.17) is 9.47 Å². The maximum atomic E-state index is 13.5. The van der Waals surface area contributed by atoms with Gasteiger partial charge in [0.2, 0.25) is 17.7 Å². The van der Waals surface area contributed by atoms with Gasteiger partial charge in [0.15, 0.2) is 0 Å². The highest BCUT2D eigenvalue weighted by Crippen LogP contribution is 2.32. The van der Waals surface area contributed by atoms with Crippen LogP contribution in [-0.4, -0.2) is 136 Å². The number of amides is 4. The highest BCUT2D eigenvalue weighted by molar-refractivity contribution is 5.94. The number of carbonyl (C=O) groups is 4. The number of hydrogen-bond donors (Lipinski definition) is 3. The van der Waals surface area contributed by atoms with E-state index < -0.39 is 11.4 Å². The Bertz CT molecular complexity index is 1230. The molecule has 266 valence electrons. The van der Waals surface area contributed by atoms with Crippen molar-refractivity contribution in [1.29, 1.82) is 0 Å². The summed E-state index contributed by atoms with van der Waals surface area (Å²) >= 11 is 0. The van der Waals surface area contributed by atoms with Gasteiger partial charge in [0, 0.05) is 57.2 Å². The van der Waals surface area contributed by atoms with E-state index >= 15 is 0 Å². The molecule has 4 heterocycles. The van der Waals surface area contributed by atoms with Gasteiger partial charge < -0.3 is 35.2 Å². The number of rotatable bonds is 2. The Kier molecular flexibility index (Phi) is 13.2. The highest BCUT2D eigenvalue weighted by atomic mass is 19.1. The number of halogens is 1. The van der Waals surface area contributed by atoms with E-state index in [-0.39, 0.29) is 61.7 Å². The van der Waals surface area contributed by atoms with E-state index in [2.05, 4.69) is 32.8 Å². The number of likely N-dealkylation sites (tertiary alicyclic amines) is 3. The van der Waals surface area contributed by atoms with Crippen molar-refractivity contribution < 1.29 is 33.0 Å². The highest BCUT2D eigenvalue weighted by Gasteiger charge is 2.40. The van der Waals surface area contributed by atoms with E-state index in [1.54, 1.807) is 4.90 Å². The minimum Gasteiger partial charge on any atom is -0.377 e. The van der Waals surface area contributed by atoms with Crippen LogP contribution in [0, 0.1) is 17.7 Å². The quantitative estimate of drug-likeness (QED) is 0.430. The second-order valence-corrected chi connectivity index (χ2v) is 14.0. The SMILES string of the molecule is CN1CCC(N2CC[C@H]3CC(=O)NCCOCCOCC(=O)NC4(CCN(C(=O)c5ccc(F)cc5)CC4)CC(=O)NCC[C@H]3C2)CC1. The Morgan fingerprint density at radius 3 is 2.27 bits per heavy atom. The van der Waals surface area contributed by atoms with Crippen LogP contribution in [0.1, 0.15) is 61.7 Å². The second kappa shape index (κ2) is 17.5. The minimum atomic E-state index is -0.835. The molecular weight excluding hydrogens is 619 g/mol.